The van der Waals surface area contributed by atoms with Crippen LogP contribution in [-0.4, -0.2) is 21.5 Å². The van der Waals surface area contributed by atoms with Crippen molar-refractivity contribution < 1.29 is 1.43 Å². The molecule has 4 heteroatoms. The van der Waals surface area contributed by atoms with Crippen molar-refractivity contribution >= 4 is 17.6 Å². The molecule has 25 heavy (non-hydrogen) atoms. The van der Waals surface area contributed by atoms with Crippen molar-refractivity contribution in [3.8, 4) is 0 Å². The fourth-order valence-corrected chi connectivity index (χ4v) is 3.85. The van der Waals surface area contributed by atoms with Gasteiger partial charge in [0.05, 0.1) is 5.69 Å². The van der Waals surface area contributed by atoms with Gasteiger partial charge < -0.3 is 5.32 Å². The van der Waals surface area contributed by atoms with Crippen LogP contribution >= 0.6 is 0 Å². The highest BCUT2D eigenvalue weighted by Crippen LogP contribution is 2.46. The largest absolute Gasteiger partial charge is 0.354 e. The van der Waals surface area contributed by atoms with Crippen LogP contribution in [-0.2, 0) is 6.42 Å². The average Bonchev–Trinajstić information content (AvgIpc) is 3.09. The number of pyridine rings is 1. The van der Waals surface area contributed by atoms with Gasteiger partial charge in [0, 0.05) is 44.5 Å². The molecule has 4 nitrogen and oxygen atoms in total. The van der Waals surface area contributed by atoms with Crippen LogP contribution in [0.2, 0.25) is 0 Å². The molecule has 1 saturated carbocycles. The van der Waals surface area contributed by atoms with Gasteiger partial charge in [-0.15, -0.1) is 0 Å². The van der Waals surface area contributed by atoms with E-state index in [1.165, 1.54) is 40.7 Å². The SMILES string of the molecule is CC1C(C2=CCc3nc(NCC4(C)CC4)ncc32)=Cc2cnccc21.[HH]. The van der Waals surface area contributed by atoms with Gasteiger partial charge in [-0.3, -0.25) is 4.98 Å². The van der Waals surface area contributed by atoms with Gasteiger partial charge in [-0.25, -0.2) is 9.97 Å². The zero-order valence-electron chi connectivity index (χ0n) is 14.7. The van der Waals surface area contributed by atoms with Crippen molar-refractivity contribution in [1.82, 2.24) is 15.0 Å². The third-order valence-electron chi connectivity index (χ3n) is 5.88. The highest BCUT2D eigenvalue weighted by atomic mass is 15.1. The van der Waals surface area contributed by atoms with Crippen LogP contribution in [0.15, 0.2) is 36.3 Å². The van der Waals surface area contributed by atoms with Gasteiger partial charge in [0.25, 0.3) is 0 Å². The van der Waals surface area contributed by atoms with E-state index in [-0.39, 0.29) is 1.43 Å². The number of hydrogen-bond donors (Lipinski definition) is 1. The summed E-state index contributed by atoms with van der Waals surface area (Å²) in [4.78, 5) is 13.6. The Bertz CT molecular complexity index is 927. The minimum atomic E-state index is 0. The first-order valence-corrected chi connectivity index (χ1v) is 9.09. The van der Waals surface area contributed by atoms with E-state index in [0.29, 0.717) is 11.3 Å². The van der Waals surface area contributed by atoms with E-state index in [9.17, 15) is 0 Å². The van der Waals surface area contributed by atoms with Crippen LogP contribution in [0, 0.1) is 5.41 Å². The first-order chi connectivity index (χ1) is 12.1. The number of aromatic nitrogens is 3. The molecular weight excluding hydrogens is 308 g/mol. The zero-order chi connectivity index (χ0) is 17.0. The van der Waals surface area contributed by atoms with E-state index in [1.807, 2.05) is 18.6 Å². The molecule has 128 valence electrons. The number of allylic oxidation sites excluding steroid dienone is 3. The quantitative estimate of drug-likeness (QED) is 0.897. The Hall–Kier alpha value is -2.49. The maximum Gasteiger partial charge on any atom is 0.222 e. The van der Waals surface area contributed by atoms with Gasteiger partial charge in [0.2, 0.25) is 5.95 Å². The molecule has 0 aliphatic heterocycles. The number of anilines is 1. The lowest BCUT2D eigenvalue weighted by Crippen LogP contribution is -2.14. The molecule has 0 bridgehead atoms. The first kappa shape index (κ1) is 14.8. The molecule has 2 aromatic rings. The van der Waals surface area contributed by atoms with E-state index in [4.69, 9.17) is 4.98 Å². The lowest BCUT2D eigenvalue weighted by molar-refractivity contribution is 0.607. The molecule has 1 fully saturated rings. The molecule has 3 aliphatic rings. The summed E-state index contributed by atoms with van der Waals surface area (Å²) >= 11 is 0. The Balaban J connectivity index is 0.00000168. The van der Waals surface area contributed by atoms with Crippen molar-refractivity contribution in [3.63, 3.8) is 0 Å². The number of nitrogens with one attached hydrogen (secondary N) is 1. The van der Waals surface area contributed by atoms with E-state index in [1.54, 1.807) is 0 Å². The summed E-state index contributed by atoms with van der Waals surface area (Å²) in [5.41, 5.74) is 8.01. The molecule has 3 aliphatic carbocycles. The number of hydrogen-bond acceptors (Lipinski definition) is 4. The van der Waals surface area contributed by atoms with E-state index >= 15 is 0 Å². The highest BCUT2D eigenvalue weighted by Gasteiger charge is 2.37. The van der Waals surface area contributed by atoms with Gasteiger partial charge in [0.1, 0.15) is 0 Å². The van der Waals surface area contributed by atoms with Crippen LogP contribution in [0.25, 0.3) is 11.6 Å². The molecule has 0 spiro atoms. The Morgan fingerprint density at radius 2 is 2.20 bits per heavy atom. The van der Waals surface area contributed by atoms with E-state index in [0.717, 1.165) is 24.6 Å². The second-order valence-corrected chi connectivity index (χ2v) is 7.87. The van der Waals surface area contributed by atoms with Crippen LogP contribution in [0.5, 0.6) is 0 Å². The van der Waals surface area contributed by atoms with Gasteiger partial charge in [-0.05, 0) is 52.7 Å². The van der Waals surface area contributed by atoms with Gasteiger partial charge in [-0.1, -0.05) is 19.9 Å². The predicted molar refractivity (Wildman–Crippen MR) is 102 cm³/mol. The summed E-state index contributed by atoms with van der Waals surface area (Å²) < 4.78 is 0. The van der Waals surface area contributed by atoms with Crippen molar-refractivity contribution in [2.45, 2.75) is 39.0 Å². The van der Waals surface area contributed by atoms with E-state index < -0.39 is 0 Å². The standard InChI is InChI=1S/C21H22N4.H2/c1-13-15-5-8-22-10-14(15)9-17(13)16-3-4-19-18(16)11-23-20(25-19)24-12-21(2)6-7-21;/h3,5,8-11,13H,4,6-7,12H2,1-2H3,(H,23,24,25);1H. The Morgan fingerprint density at radius 3 is 3.00 bits per heavy atom. The third kappa shape index (κ3) is 2.48. The molecule has 2 heterocycles. The summed E-state index contributed by atoms with van der Waals surface area (Å²) in [5, 5.41) is 3.42. The van der Waals surface area contributed by atoms with Crippen molar-refractivity contribution in [2.75, 3.05) is 11.9 Å². The molecule has 0 aromatic carbocycles. The molecule has 1 unspecified atom stereocenters. The molecule has 5 rings (SSSR count). The summed E-state index contributed by atoms with van der Waals surface area (Å²) in [6.07, 6.45) is 13.9. The fraction of sp³-hybridized carbons (Fsp3) is 0.381. The topological polar surface area (TPSA) is 50.7 Å². The Labute approximate surface area is 149 Å². The van der Waals surface area contributed by atoms with Crippen LogP contribution in [0.1, 0.15) is 56.4 Å². The van der Waals surface area contributed by atoms with Crippen LogP contribution in [0.3, 0.4) is 0 Å². The lowest BCUT2D eigenvalue weighted by atomic mass is 9.91. The molecular formula is C21H24N4. The summed E-state index contributed by atoms with van der Waals surface area (Å²) in [6.45, 7) is 5.55. The normalized spacial score (nSPS) is 22.1. The third-order valence-corrected chi connectivity index (χ3v) is 5.88. The fourth-order valence-electron chi connectivity index (χ4n) is 3.85. The second-order valence-electron chi connectivity index (χ2n) is 7.87. The summed E-state index contributed by atoms with van der Waals surface area (Å²) in [6, 6.07) is 2.13. The van der Waals surface area contributed by atoms with Gasteiger partial charge in [0.15, 0.2) is 0 Å². The number of nitrogens with zero attached hydrogens (tertiary/aromatic N) is 3. The van der Waals surface area contributed by atoms with Crippen molar-refractivity contribution in [3.05, 3.63) is 58.7 Å². The van der Waals surface area contributed by atoms with Crippen molar-refractivity contribution in [1.29, 1.82) is 0 Å². The molecule has 2 aromatic heterocycles. The minimum absolute atomic E-state index is 0. The first-order valence-electron chi connectivity index (χ1n) is 9.09. The van der Waals surface area contributed by atoms with Crippen LogP contribution < -0.4 is 5.32 Å². The van der Waals surface area contributed by atoms with Gasteiger partial charge in [-0.2, -0.15) is 0 Å². The lowest BCUT2D eigenvalue weighted by Gasteiger charge is -2.14. The Kier molecular flexibility index (Phi) is 3.11. The Morgan fingerprint density at radius 1 is 1.32 bits per heavy atom. The molecule has 0 saturated heterocycles. The van der Waals surface area contributed by atoms with E-state index in [2.05, 4.69) is 47.4 Å². The molecule has 0 amide bonds. The maximum atomic E-state index is 4.77. The van der Waals surface area contributed by atoms with Crippen molar-refractivity contribution in [2.24, 2.45) is 5.41 Å². The molecule has 1 atom stereocenters. The molecule has 1 N–H and O–H groups in total. The van der Waals surface area contributed by atoms with Crippen LogP contribution in [0.4, 0.5) is 5.95 Å². The smallest absolute Gasteiger partial charge is 0.222 e. The van der Waals surface area contributed by atoms with Gasteiger partial charge >= 0.3 is 0 Å². The highest BCUT2D eigenvalue weighted by molar-refractivity contribution is 5.91. The molecule has 0 radical (unpaired) electrons. The number of rotatable bonds is 4. The summed E-state index contributed by atoms with van der Waals surface area (Å²) in [7, 11) is 0. The summed E-state index contributed by atoms with van der Waals surface area (Å²) in [5.74, 6) is 1.16. The zero-order valence-corrected chi connectivity index (χ0v) is 14.7. The monoisotopic (exact) mass is 332 g/mol. The number of fused-ring (bicyclic) bond motifs is 2. The average molecular weight is 332 g/mol. The predicted octanol–water partition coefficient (Wildman–Crippen LogP) is 4.47. The second kappa shape index (κ2) is 5.25. The minimum Gasteiger partial charge on any atom is -0.354 e. The maximum absolute atomic E-state index is 4.77.